The van der Waals surface area contributed by atoms with E-state index in [-0.39, 0.29) is 11.6 Å². The number of benzene rings is 2. The number of carbonyl (C=O) groups excluding carboxylic acids is 2. The van der Waals surface area contributed by atoms with Gasteiger partial charge in [0.05, 0.1) is 19.0 Å². The van der Waals surface area contributed by atoms with Crippen molar-refractivity contribution in [3.8, 4) is 5.69 Å². The van der Waals surface area contributed by atoms with Crippen molar-refractivity contribution in [1.29, 1.82) is 0 Å². The Hall–Kier alpha value is -3.48. The van der Waals surface area contributed by atoms with Crippen LogP contribution in [0.25, 0.3) is 5.69 Å². The molecule has 0 fully saturated rings. The topological polar surface area (TPSA) is 86.1 Å². The van der Waals surface area contributed by atoms with E-state index in [0.717, 1.165) is 5.56 Å². The number of hydrogen-bond donors (Lipinski definition) is 1. The number of hydrogen-bond acceptors (Lipinski definition) is 5. The molecule has 0 aliphatic rings. The molecule has 0 atom stereocenters. The summed E-state index contributed by atoms with van der Waals surface area (Å²) in [7, 11) is 1.28. The molecule has 1 heterocycles. The Balaban J connectivity index is 1.74. The van der Waals surface area contributed by atoms with Crippen molar-refractivity contribution in [2.24, 2.45) is 0 Å². The van der Waals surface area contributed by atoms with Crippen molar-refractivity contribution in [2.75, 3.05) is 12.4 Å². The summed E-state index contributed by atoms with van der Waals surface area (Å²) in [5.41, 5.74) is 3.03. The second-order valence-electron chi connectivity index (χ2n) is 5.36. The third-order valence-corrected chi connectivity index (χ3v) is 3.67. The van der Waals surface area contributed by atoms with Gasteiger partial charge in [-0.2, -0.15) is 0 Å². The molecule has 0 aliphatic carbocycles. The minimum absolute atomic E-state index is 0.124. The van der Waals surface area contributed by atoms with Crippen LogP contribution in [0.1, 0.15) is 26.4 Å². The van der Waals surface area contributed by atoms with Gasteiger partial charge in [0.15, 0.2) is 5.69 Å². The summed E-state index contributed by atoms with van der Waals surface area (Å²) in [6.45, 7) is 1.89. The monoisotopic (exact) mass is 336 g/mol. The molecule has 25 heavy (non-hydrogen) atoms. The SMILES string of the molecule is COC(=O)c1cn(-c2ccc(NC(=O)c3ccccc3C)cc2)nn1. The van der Waals surface area contributed by atoms with Gasteiger partial charge in [0, 0.05) is 11.3 Å². The average molecular weight is 336 g/mol. The number of nitrogens with one attached hydrogen (secondary N) is 1. The van der Waals surface area contributed by atoms with Gasteiger partial charge >= 0.3 is 5.97 Å². The molecule has 3 rings (SSSR count). The van der Waals surface area contributed by atoms with E-state index in [1.54, 1.807) is 30.3 Å². The standard InChI is InChI=1S/C18H16N4O3/c1-12-5-3-4-6-15(12)17(23)19-13-7-9-14(10-8-13)22-11-16(20-21-22)18(24)25-2/h3-11H,1-2H3,(H,19,23). The maximum atomic E-state index is 12.3. The Bertz CT molecular complexity index is 916. The normalized spacial score (nSPS) is 10.3. The highest BCUT2D eigenvalue weighted by Crippen LogP contribution is 2.15. The molecule has 2 aromatic carbocycles. The summed E-state index contributed by atoms with van der Waals surface area (Å²) >= 11 is 0. The Morgan fingerprint density at radius 3 is 2.48 bits per heavy atom. The lowest BCUT2D eigenvalue weighted by Crippen LogP contribution is -2.13. The molecule has 0 aliphatic heterocycles. The van der Waals surface area contributed by atoms with Gasteiger partial charge in [0.2, 0.25) is 0 Å². The molecule has 7 heteroatoms. The predicted octanol–water partition coefficient (Wildman–Crippen LogP) is 2.61. The van der Waals surface area contributed by atoms with Gasteiger partial charge < -0.3 is 10.1 Å². The molecule has 1 N–H and O–H groups in total. The number of methoxy groups -OCH3 is 1. The van der Waals surface area contributed by atoms with Crippen LogP contribution < -0.4 is 5.32 Å². The molecule has 1 aromatic heterocycles. The molecule has 0 saturated heterocycles. The number of ether oxygens (including phenoxy) is 1. The highest BCUT2D eigenvalue weighted by atomic mass is 16.5. The zero-order valence-corrected chi connectivity index (χ0v) is 13.8. The van der Waals surface area contributed by atoms with Gasteiger partial charge in [0.25, 0.3) is 5.91 Å². The summed E-state index contributed by atoms with van der Waals surface area (Å²) < 4.78 is 6.06. The van der Waals surface area contributed by atoms with Gasteiger partial charge in [0.1, 0.15) is 0 Å². The minimum Gasteiger partial charge on any atom is -0.464 e. The second kappa shape index (κ2) is 6.96. The van der Waals surface area contributed by atoms with E-state index in [2.05, 4.69) is 20.4 Å². The highest BCUT2D eigenvalue weighted by molar-refractivity contribution is 6.05. The Morgan fingerprint density at radius 2 is 1.80 bits per heavy atom. The van der Waals surface area contributed by atoms with E-state index in [0.29, 0.717) is 16.9 Å². The summed E-state index contributed by atoms with van der Waals surface area (Å²) in [6, 6.07) is 14.4. The number of aryl methyl sites for hydroxylation is 1. The van der Waals surface area contributed by atoms with Gasteiger partial charge in [-0.3, -0.25) is 4.79 Å². The average Bonchev–Trinajstić information content (AvgIpc) is 3.12. The van der Waals surface area contributed by atoms with Crippen LogP contribution >= 0.6 is 0 Å². The molecular weight excluding hydrogens is 320 g/mol. The van der Waals surface area contributed by atoms with Crippen LogP contribution in [0, 0.1) is 6.92 Å². The fourth-order valence-electron chi connectivity index (χ4n) is 2.31. The zero-order chi connectivity index (χ0) is 17.8. The first-order chi connectivity index (χ1) is 12.1. The smallest absolute Gasteiger partial charge is 0.360 e. The van der Waals surface area contributed by atoms with Crippen LogP contribution in [0.2, 0.25) is 0 Å². The van der Waals surface area contributed by atoms with E-state index >= 15 is 0 Å². The maximum absolute atomic E-state index is 12.3. The van der Waals surface area contributed by atoms with E-state index < -0.39 is 5.97 Å². The van der Waals surface area contributed by atoms with Gasteiger partial charge in [-0.1, -0.05) is 23.4 Å². The lowest BCUT2D eigenvalue weighted by atomic mass is 10.1. The molecule has 0 spiro atoms. The predicted molar refractivity (Wildman–Crippen MR) is 91.8 cm³/mol. The van der Waals surface area contributed by atoms with Gasteiger partial charge in [-0.25, -0.2) is 9.48 Å². The van der Waals surface area contributed by atoms with Crippen molar-refractivity contribution >= 4 is 17.6 Å². The molecule has 0 radical (unpaired) electrons. The van der Waals surface area contributed by atoms with Crippen LogP contribution in [0.5, 0.6) is 0 Å². The van der Waals surface area contributed by atoms with Crippen molar-refractivity contribution in [2.45, 2.75) is 6.92 Å². The van der Waals surface area contributed by atoms with E-state index in [4.69, 9.17) is 0 Å². The lowest BCUT2D eigenvalue weighted by molar-refractivity contribution is 0.0593. The first kappa shape index (κ1) is 16.4. The first-order valence-electron chi connectivity index (χ1n) is 7.56. The molecule has 7 nitrogen and oxygen atoms in total. The number of anilines is 1. The van der Waals surface area contributed by atoms with E-state index in [1.165, 1.54) is 18.0 Å². The first-order valence-corrected chi connectivity index (χ1v) is 7.56. The largest absolute Gasteiger partial charge is 0.464 e. The van der Waals surface area contributed by atoms with Crippen LogP contribution in [0.3, 0.4) is 0 Å². The van der Waals surface area contributed by atoms with Crippen LogP contribution in [-0.2, 0) is 4.74 Å². The third kappa shape index (κ3) is 3.55. The van der Waals surface area contributed by atoms with Crippen molar-refractivity contribution in [3.63, 3.8) is 0 Å². The summed E-state index contributed by atoms with van der Waals surface area (Å²) in [4.78, 5) is 23.7. The Kier molecular flexibility index (Phi) is 4.56. The molecule has 1 amide bonds. The van der Waals surface area contributed by atoms with E-state index in [9.17, 15) is 9.59 Å². The van der Waals surface area contributed by atoms with Crippen LogP contribution in [0.4, 0.5) is 5.69 Å². The number of amides is 1. The maximum Gasteiger partial charge on any atom is 0.360 e. The number of rotatable bonds is 4. The third-order valence-electron chi connectivity index (χ3n) is 3.67. The molecule has 3 aromatic rings. The van der Waals surface area contributed by atoms with Gasteiger partial charge in [-0.05, 0) is 42.8 Å². The van der Waals surface area contributed by atoms with Gasteiger partial charge in [-0.15, -0.1) is 5.10 Å². The Morgan fingerprint density at radius 1 is 1.08 bits per heavy atom. The number of aromatic nitrogens is 3. The highest BCUT2D eigenvalue weighted by Gasteiger charge is 2.12. The zero-order valence-electron chi connectivity index (χ0n) is 13.8. The molecule has 126 valence electrons. The van der Waals surface area contributed by atoms with Crippen molar-refractivity contribution < 1.29 is 14.3 Å². The summed E-state index contributed by atoms with van der Waals surface area (Å²) in [5.74, 6) is -0.715. The fraction of sp³-hybridized carbons (Fsp3) is 0.111. The van der Waals surface area contributed by atoms with Crippen LogP contribution in [0.15, 0.2) is 54.7 Å². The quantitative estimate of drug-likeness (QED) is 0.740. The molecular formula is C18H16N4O3. The lowest BCUT2D eigenvalue weighted by Gasteiger charge is -2.08. The number of carbonyl (C=O) groups is 2. The Labute approximate surface area is 144 Å². The number of esters is 1. The molecule has 0 unspecified atom stereocenters. The number of nitrogens with zero attached hydrogens (tertiary/aromatic N) is 3. The molecule has 0 bridgehead atoms. The van der Waals surface area contributed by atoms with E-state index in [1.807, 2.05) is 25.1 Å². The summed E-state index contributed by atoms with van der Waals surface area (Å²) in [5, 5.41) is 10.5. The van der Waals surface area contributed by atoms with Crippen molar-refractivity contribution in [3.05, 3.63) is 71.5 Å². The van der Waals surface area contributed by atoms with Crippen LogP contribution in [-0.4, -0.2) is 34.0 Å². The summed E-state index contributed by atoms with van der Waals surface area (Å²) in [6.07, 6.45) is 1.48. The minimum atomic E-state index is -0.548. The second-order valence-corrected chi connectivity index (χ2v) is 5.36. The molecule has 0 saturated carbocycles. The van der Waals surface area contributed by atoms with Crippen molar-refractivity contribution in [1.82, 2.24) is 15.0 Å². The fourth-order valence-corrected chi connectivity index (χ4v) is 2.31.